The Morgan fingerprint density at radius 1 is 1.05 bits per heavy atom. The molecule has 0 aromatic heterocycles. The topological polar surface area (TPSA) is 41.1 Å². The number of benzene rings is 2. The summed E-state index contributed by atoms with van der Waals surface area (Å²) < 4.78 is 0. The zero-order valence-electron chi connectivity index (χ0n) is 13.7. The smallest absolute Gasteiger partial charge is 0.243 e. The van der Waals surface area contributed by atoms with E-state index in [1.54, 1.807) is 0 Å². The molecule has 0 heterocycles. The number of aryl methyl sites for hydroxylation is 2. The largest absolute Gasteiger partial charge is 0.376 e. The lowest BCUT2D eigenvalue weighted by atomic mass is 10.0. The molecule has 2 N–H and O–H groups in total. The summed E-state index contributed by atoms with van der Waals surface area (Å²) in [5.74, 6) is 0.344. The summed E-state index contributed by atoms with van der Waals surface area (Å²) in [5, 5.41) is 6.17. The molecule has 0 saturated heterocycles. The van der Waals surface area contributed by atoms with E-state index in [4.69, 9.17) is 0 Å². The van der Waals surface area contributed by atoms with Crippen LogP contribution in [0.1, 0.15) is 36.5 Å². The summed E-state index contributed by atoms with van der Waals surface area (Å²) >= 11 is 0. The third-order valence-corrected chi connectivity index (χ3v) is 3.53. The van der Waals surface area contributed by atoms with E-state index in [1.165, 1.54) is 11.1 Å². The van der Waals surface area contributed by atoms with Crippen LogP contribution in [0.2, 0.25) is 0 Å². The summed E-state index contributed by atoms with van der Waals surface area (Å²) in [4.78, 5) is 12.2. The van der Waals surface area contributed by atoms with Crippen molar-refractivity contribution >= 4 is 17.3 Å². The summed E-state index contributed by atoms with van der Waals surface area (Å²) in [7, 11) is 0. The lowest BCUT2D eigenvalue weighted by Gasteiger charge is -2.14. The van der Waals surface area contributed by atoms with Gasteiger partial charge in [0.05, 0.1) is 6.54 Å². The molecule has 0 spiro atoms. The van der Waals surface area contributed by atoms with Gasteiger partial charge in [-0.3, -0.25) is 4.79 Å². The van der Waals surface area contributed by atoms with E-state index in [2.05, 4.69) is 50.5 Å². The molecule has 2 rings (SSSR count). The van der Waals surface area contributed by atoms with Crippen LogP contribution in [0.3, 0.4) is 0 Å². The van der Waals surface area contributed by atoms with E-state index in [9.17, 15) is 4.79 Å². The van der Waals surface area contributed by atoms with Crippen LogP contribution in [0.15, 0.2) is 42.5 Å². The number of para-hydroxylation sites is 1. The number of carbonyl (C=O) groups is 1. The van der Waals surface area contributed by atoms with Gasteiger partial charge in [-0.15, -0.1) is 0 Å². The third-order valence-electron chi connectivity index (χ3n) is 3.53. The zero-order valence-corrected chi connectivity index (χ0v) is 13.7. The standard InChI is InChI=1S/C19H24N2O/c1-13(2)17-7-5-6-8-18(17)21-19(22)12-20-16-10-14(3)9-15(4)11-16/h5-11,13,20H,12H2,1-4H3,(H,21,22). The maximum absolute atomic E-state index is 12.2. The molecule has 22 heavy (non-hydrogen) atoms. The first-order valence-corrected chi connectivity index (χ1v) is 7.66. The van der Waals surface area contributed by atoms with Crippen LogP contribution in [-0.4, -0.2) is 12.5 Å². The van der Waals surface area contributed by atoms with Gasteiger partial charge in [0.15, 0.2) is 0 Å². The van der Waals surface area contributed by atoms with Gasteiger partial charge < -0.3 is 10.6 Å². The van der Waals surface area contributed by atoms with Crippen LogP contribution in [0.25, 0.3) is 0 Å². The normalized spacial score (nSPS) is 10.6. The molecular formula is C19H24N2O. The molecule has 3 nitrogen and oxygen atoms in total. The van der Waals surface area contributed by atoms with Crippen molar-refractivity contribution in [3.05, 3.63) is 59.2 Å². The number of nitrogens with one attached hydrogen (secondary N) is 2. The minimum atomic E-state index is -0.0349. The molecule has 0 atom stereocenters. The third kappa shape index (κ3) is 4.35. The number of hydrogen-bond acceptors (Lipinski definition) is 2. The van der Waals surface area contributed by atoms with Crippen LogP contribution >= 0.6 is 0 Å². The Balaban J connectivity index is 1.99. The van der Waals surface area contributed by atoms with Crippen molar-refractivity contribution in [1.29, 1.82) is 0 Å². The maximum atomic E-state index is 12.2. The molecule has 0 radical (unpaired) electrons. The summed E-state index contributed by atoms with van der Waals surface area (Å²) in [5.41, 5.74) is 5.40. The monoisotopic (exact) mass is 296 g/mol. The van der Waals surface area contributed by atoms with E-state index in [0.29, 0.717) is 5.92 Å². The van der Waals surface area contributed by atoms with Gasteiger partial charge in [0.25, 0.3) is 0 Å². The Morgan fingerprint density at radius 2 is 1.68 bits per heavy atom. The molecule has 0 aliphatic rings. The average Bonchev–Trinajstić information content (AvgIpc) is 2.44. The van der Waals surface area contributed by atoms with Crippen molar-refractivity contribution in [2.45, 2.75) is 33.6 Å². The van der Waals surface area contributed by atoms with Crippen molar-refractivity contribution in [2.75, 3.05) is 17.2 Å². The highest BCUT2D eigenvalue weighted by molar-refractivity contribution is 5.94. The first kappa shape index (κ1) is 16.1. The van der Waals surface area contributed by atoms with Gasteiger partial charge in [0.2, 0.25) is 5.91 Å². The molecule has 0 unspecified atom stereocenters. The van der Waals surface area contributed by atoms with Gasteiger partial charge >= 0.3 is 0 Å². The fourth-order valence-corrected chi connectivity index (χ4v) is 2.57. The first-order chi connectivity index (χ1) is 10.5. The highest BCUT2D eigenvalue weighted by atomic mass is 16.1. The lowest BCUT2D eigenvalue weighted by Crippen LogP contribution is -2.22. The van der Waals surface area contributed by atoms with Gasteiger partial charge in [-0.05, 0) is 54.7 Å². The van der Waals surface area contributed by atoms with E-state index in [1.807, 2.05) is 30.3 Å². The minimum absolute atomic E-state index is 0.0349. The number of anilines is 2. The second-order valence-corrected chi connectivity index (χ2v) is 6.02. The predicted octanol–water partition coefficient (Wildman–Crippen LogP) is 4.48. The van der Waals surface area contributed by atoms with Gasteiger partial charge in [-0.25, -0.2) is 0 Å². The molecule has 116 valence electrons. The molecular weight excluding hydrogens is 272 g/mol. The molecule has 0 saturated carbocycles. The van der Waals surface area contributed by atoms with Crippen LogP contribution in [0, 0.1) is 13.8 Å². The molecule has 2 aromatic carbocycles. The number of rotatable bonds is 5. The van der Waals surface area contributed by atoms with E-state index >= 15 is 0 Å². The second kappa shape index (κ2) is 7.12. The summed E-state index contributed by atoms with van der Waals surface area (Å²) in [6.45, 7) is 8.61. The van der Waals surface area contributed by atoms with Crippen molar-refractivity contribution in [3.63, 3.8) is 0 Å². The number of carbonyl (C=O) groups excluding carboxylic acids is 1. The Kier molecular flexibility index (Phi) is 5.21. The fraction of sp³-hybridized carbons (Fsp3) is 0.316. The Morgan fingerprint density at radius 3 is 2.32 bits per heavy atom. The zero-order chi connectivity index (χ0) is 16.1. The van der Waals surface area contributed by atoms with Crippen molar-refractivity contribution in [2.24, 2.45) is 0 Å². The van der Waals surface area contributed by atoms with Crippen LogP contribution < -0.4 is 10.6 Å². The molecule has 2 aromatic rings. The Bertz CT molecular complexity index is 642. The van der Waals surface area contributed by atoms with Crippen molar-refractivity contribution in [1.82, 2.24) is 0 Å². The molecule has 0 aliphatic carbocycles. The van der Waals surface area contributed by atoms with Gasteiger partial charge in [-0.1, -0.05) is 38.1 Å². The summed E-state index contributed by atoms with van der Waals surface area (Å²) in [6.07, 6.45) is 0. The quantitative estimate of drug-likeness (QED) is 0.854. The fourth-order valence-electron chi connectivity index (χ4n) is 2.57. The Hall–Kier alpha value is -2.29. The average molecular weight is 296 g/mol. The van der Waals surface area contributed by atoms with Crippen LogP contribution in [0.4, 0.5) is 11.4 Å². The SMILES string of the molecule is Cc1cc(C)cc(NCC(=O)Nc2ccccc2C(C)C)c1. The molecule has 1 amide bonds. The minimum Gasteiger partial charge on any atom is -0.376 e. The van der Waals surface area contributed by atoms with Gasteiger partial charge in [0.1, 0.15) is 0 Å². The first-order valence-electron chi connectivity index (χ1n) is 7.66. The number of amides is 1. The molecule has 3 heteroatoms. The Labute approximate surface area is 132 Å². The van der Waals surface area contributed by atoms with E-state index in [0.717, 1.165) is 16.9 Å². The molecule has 0 bridgehead atoms. The van der Waals surface area contributed by atoms with E-state index < -0.39 is 0 Å². The van der Waals surface area contributed by atoms with Crippen molar-refractivity contribution < 1.29 is 4.79 Å². The predicted molar refractivity (Wildman–Crippen MR) is 93.6 cm³/mol. The van der Waals surface area contributed by atoms with Gasteiger partial charge in [0, 0.05) is 11.4 Å². The van der Waals surface area contributed by atoms with Crippen molar-refractivity contribution in [3.8, 4) is 0 Å². The highest BCUT2D eigenvalue weighted by Crippen LogP contribution is 2.23. The van der Waals surface area contributed by atoms with Crippen LogP contribution in [0.5, 0.6) is 0 Å². The second-order valence-electron chi connectivity index (χ2n) is 6.02. The number of hydrogen-bond donors (Lipinski definition) is 2. The summed E-state index contributed by atoms with van der Waals surface area (Å²) in [6, 6.07) is 14.1. The van der Waals surface area contributed by atoms with E-state index in [-0.39, 0.29) is 12.5 Å². The lowest BCUT2D eigenvalue weighted by molar-refractivity contribution is -0.114. The van der Waals surface area contributed by atoms with Crippen LogP contribution in [-0.2, 0) is 4.79 Å². The maximum Gasteiger partial charge on any atom is 0.243 e. The molecule has 0 fully saturated rings. The molecule has 0 aliphatic heterocycles. The highest BCUT2D eigenvalue weighted by Gasteiger charge is 2.09. The van der Waals surface area contributed by atoms with Gasteiger partial charge in [-0.2, -0.15) is 0 Å².